The van der Waals surface area contributed by atoms with E-state index in [-0.39, 0.29) is 58.6 Å². The van der Waals surface area contributed by atoms with Crippen molar-refractivity contribution in [1.29, 1.82) is 0 Å². The smallest absolute Gasteiger partial charge is 0.262 e. The van der Waals surface area contributed by atoms with Crippen LogP contribution in [-0.4, -0.2) is 119 Å². The average molecular weight is 858 g/mol. The Labute approximate surface area is 364 Å². The van der Waals surface area contributed by atoms with Crippen molar-refractivity contribution in [2.24, 2.45) is 16.2 Å². The molecule has 3 aromatic carbocycles. The lowest BCUT2D eigenvalue weighted by Crippen LogP contribution is -2.74. The molecule has 1 spiro atoms. The molecule has 62 heavy (non-hydrogen) atoms. The van der Waals surface area contributed by atoms with Gasteiger partial charge in [-0.05, 0) is 73.4 Å². The largest absolute Gasteiger partial charge is 0.489 e. The zero-order valence-corrected chi connectivity index (χ0v) is 36.0. The van der Waals surface area contributed by atoms with Crippen molar-refractivity contribution in [2.75, 3.05) is 44.2 Å². The molecule has 0 radical (unpaired) electrons. The number of benzene rings is 3. The molecule has 5 heterocycles. The number of carbonyl (C=O) groups excluding carboxylic acids is 6. The Balaban J connectivity index is 0.713. The summed E-state index contributed by atoms with van der Waals surface area (Å²) >= 11 is 6.30. The number of rotatable bonds is 7. The summed E-state index contributed by atoms with van der Waals surface area (Å²) < 4.78 is 6.48. The minimum absolute atomic E-state index is 0.0199. The van der Waals surface area contributed by atoms with Crippen molar-refractivity contribution in [2.45, 2.75) is 84.2 Å². The molecule has 5 fully saturated rings. The Kier molecular flexibility index (Phi) is 9.18. The van der Waals surface area contributed by atoms with Crippen molar-refractivity contribution < 1.29 is 33.5 Å². The molecule has 3 aromatic rings. The fraction of sp³-hybridized carbons (Fsp3) is 0.468. The van der Waals surface area contributed by atoms with Gasteiger partial charge in [0.15, 0.2) is 0 Å². The topological polar surface area (TPSA) is 144 Å². The number of imide groups is 2. The molecule has 1 unspecified atom stereocenters. The van der Waals surface area contributed by atoms with Crippen LogP contribution in [0.1, 0.15) is 100 Å². The van der Waals surface area contributed by atoms with Crippen LogP contribution in [0.3, 0.4) is 0 Å². The molecule has 14 nitrogen and oxygen atoms in total. The number of piperazine rings is 1. The predicted molar refractivity (Wildman–Crippen MR) is 228 cm³/mol. The first-order valence-electron chi connectivity index (χ1n) is 21.4. The van der Waals surface area contributed by atoms with Crippen LogP contribution in [0.4, 0.5) is 11.4 Å². The van der Waals surface area contributed by atoms with E-state index in [1.54, 1.807) is 42.5 Å². The first-order chi connectivity index (χ1) is 29.5. The van der Waals surface area contributed by atoms with Crippen LogP contribution in [0.2, 0.25) is 5.02 Å². The van der Waals surface area contributed by atoms with Gasteiger partial charge < -0.3 is 19.4 Å². The van der Waals surface area contributed by atoms with Gasteiger partial charge >= 0.3 is 0 Å². The Morgan fingerprint density at radius 2 is 1.53 bits per heavy atom. The number of carbonyl (C=O) groups is 6. The first-order valence-corrected chi connectivity index (χ1v) is 21.8. The number of hydrogen-bond acceptors (Lipinski definition) is 9. The molecule has 0 bridgehead atoms. The summed E-state index contributed by atoms with van der Waals surface area (Å²) in [7, 11) is 0. The van der Waals surface area contributed by atoms with E-state index in [1.165, 1.54) is 0 Å². The summed E-state index contributed by atoms with van der Waals surface area (Å²) in [6.45, 7) is 20.7. The summed E-state index contributed by atoms with van der Waals surface area (Å²) in [5.74, 6) is -1.48. The number of nitrogens with one attached hydrogen (secondary N) is 1. The van der Waals surface area contributed by atoms with Crippen LogP contribution in [0.25, 0.3) is 4.85 Å². The normalized spacial score (nSPS) is 26.1. The van der Waals surface area contributed by atoms with E-state index in [1.807, 2.05) is 21.9 Å². The van der Waals surface area contributed by atoms with Crippen LogP contribution in [0, 0.1) is 22.8 Å². The van der Waals surface area contributed by atoms with E-state index in [0.29, 0.717) is 58.8 Å². The molecule has 7 aliphatic rings. The highest BCUT2D eigenvalue weighted by Crippen LogP contribution is 2.59. The van der Waals surface area contributed by atoms with Gasteiger partial charge in [0.2, 0.25) is 17.5 Å². The van der Waals surface area contributed by atoms with Gasteiger partial charge in [0.1, 0.15) is 17.9 Å². The Hall–Kier alpha value is -5.78. The van der Waals surface area contributed by atoms with Gasteiger partial charge in [-0.1, -0.05) is 45.4 Å². The minimum atomic E-state index is -0.986. The summed E-state index contributed by atoms with van der Waals surface area (Å²) in [5.41, 5.74) is 3.34. The number of hydrogen-bond donors (Lipinski definition) is 1. The van der Waals surface area contributed by atoms with Crippen molar-refractivity contribution >= 4 is 58.4 Å². The number of anilines is 1. The molecule has 1 atom stereocenters. The SMILES string of the molecule is [C-]#[N+]c1ccc(OC2C(C)(C)C(N3Cc4cc(C(=O)N5CCN(C6CC7(C6)CN(c6ccc8c(c6)C(=O)N(C6CCC(=O)NC6=O)C8=O)C7)CC5)ccc4C3=O)C2(C)C)cc1Cl. The van der Waals surface area contributed by atoms with E-state index in [4.69, 9.17) is 22.9 Å². The van der Waals surface area contributed by atoms with Gasteiger partial charge in [-0.15, -0.1) is 0 Å². The van der Waals surface area contributed by atoms with Crippen LogP contribution < -0.4 is 15.0 Å². The first kappa shape index (κ1) is 40.3. The summed E-state index contributed by atoms with van der Waals surface area (Å²) in [5, 5.41) is 2.58. The maximum Gasteiger partial charge on any atom is 0.262 e. The molecule has 1 N–H and O–H groups in total. The van der Waals surface area contributed by atoms with Gasteiger partial charge in [-0.2, -0.15) is 0 Å². The number of nitrogens with zero attached hydrogens (tertiary/aromatic N) is 6. The maximum absolute atomic E-state index is 13.9. The van der Waals surface area contributed by atoms with Crippen LogP contribution in [0.15, 0.2) is 54.6 Å². The zero-order valence-electron chi connectivity index (χ0n) is 35.2. The number of fused-ring (bicyclic) bond motifs is 2. The van der Waals surface area contributed by atoms with Crippen molar-refractivity contribution in [3.05, 3.63) is 98.9 Å². The lowest BCUT2D eigenvalue weighted by molar-refractivity contribution is -0.199. The highest BCUT2D eigenvalue weighted by Gasteiger charge is 2.67. The number of ether oxygens (including phenoxy) is 1. The molecule has 0 aromatic heterocycles. The van der Waals surface area contributed by atoms with E-state index in [0.717, 1.165) is 55.2 Å². The Bertz CT molecular complexity index is 2530. The lowest BCUT2D eigenvalue weighted by Gasteiger charge is -2.65. The third-order valence-corrected chi connectivity index (χ3v) is 15.1. The minimum Gasteiger partial charge on any atom is -0.489 e. The summed E-state index contributed by atoms with van der Waals surface area (Å²) in [6.07, 6.45) is 2.11. The van der Waals surface area contributed by atoms with Gasteiger partial charge in [-0.3, -0.25) is 43.9 Å². The third kappa shape index (κ3) is 6.13. The fourth-order valence-corrected chi connectivity index (χ4v) is 12.4. The molecule has 3 saturated heterocycles. The molecule has 10 rings (SSSR count). The standard InChI is InChI=1S/C47H48ClN7O7/c1-45(2)43(46(3,4)44(45)62-30-8-11-35(49-5)34(48)20-30)54-23-27-18-26(6-9-31(27)40(54)59)39(58)52-16-14-51(15-17-52)29-21-47(22-29)24-53(25-47)28-7-10-32-33(19-28)42(61)55(41(32)60)36-12-13-37(56)50-38(36)57/h6-11,18-20,29,36,43-44H,12-17,21-25H2,1-4H3,(H,50,56,57). The monoisotopic (exact) mass is 857 g/mol. The van der Waals surface area contributed by atoms with Crippen molar-refractivity contribution in [3.8, 4) is 5.75 Å². The van der Waals surface area contributed by atoms with Crippen LogP contribution >= 0.6 is 11.6 Å². The quantitative estimate of drug-likeness (QED) is 0.239. The molecule has 320 valence electrons. The predicted octanol–water partition coefficient (Wildman–Crippen LogP) is 5.56. The number of amides is 6. The van der Waals surface area contributed by atoms with Crippen LogP contribution in [-0.2, 0) is 16.1 Å². The van der Waals surface area contributed by atoms with Crippen molar-refractivity contribution in [1.82, 2.24) is 24.9 Å². The van der Waals surface area contributed by atoms with Crippen LogP contribution in [0.5, 0.6) is 5.75 Å². The summed E-state index contributed by atoms with van der Waals surface area (Å²) in [4.78, 5) is 91.4. The lowest BCUT2D eigenvalue weighted by atomic mass is 9.49. The highest BCUT2D eigenvalue weighted by atomic mass is 35.5. The average Bonchev–Trinajstić information content (AvgIpc) is 3.65. The molecule has 15 heteroatoms. The molecular formula is C47H48ClN7O7. The Morgan fingerprint density at radius 3 is 2.21 bits per heavy atom. The van der Waals surface area contributed by atoms with E-state index in [2.05, 4.69) is 47.7 Å². The second-order valence-corrected chi connectivity index (χ2v) is 19.9. The summed E-state index contributed by atoms with van der Waals surface area (Å²) in [6, 6.07) is 15.2. The van der Waals surface area contributed by atoms with Crippen molar-refractivity contribution in [3.63, 3.8) is 0 Å². The number of piperidine rings is 1. The van der Waals surface area contributed by atoms with E-state index in [9.17, 15) is 28.8 Å². The highest BCUT2D eigenvalue weighted by molar-refractivity contribution is 6.33. The van der Waals surface area contributed by atoms with Gasteiger partial charge in [0.25, 0.3) is 23.6 Å². The molecular weight excluding hydrogens is 810 g/mol. The second-order valence-electron chi connectivity index (χ2n) is 19.5. The van der Waals surface area contributed by atoms with Gasteiger partial charge in [0, 0.05) is 97.4 Å². The molecule has 5 aliphatic heterocycles. The zero-order chi connectivity index (χ0) is 43.6. The Morgan fingerprint density at radius 1 is 0.839 bits per heavy atom. The van der Waals surface area contributed by atoms with Gasteiger partial charge in [-0.25, -0.2) is 4.85 Å². The van der Waals surface area contributed by atoms with Gasteiger partial charge in [0.05, 0.1) is 22.7 Å². The maximum atomic E-state index is 13.9. The molecule has 2 saturated carbocycles. The van der Waals surface area contributed by atoms with E-state index < -0.39 is 29.7 Å². The molecule has 6 amide bonds. The molecule has 2 aliphatic carbocycles. The second kappa shape index (κ2) is 14.1. The third-order valence-electron chi connectivity index (χ3n) is 14.8. The number of halogens is 1. The fourth-order valence-electron chi connectivity index (χ4n) is 12.2. The van der Waals surface area contributed by atoms with E-state index >= 15 is 0 Å².